The first kappa shape index (κ1) is 11.5. The molecule has 0 fully saturated rings. The lowest BCUT2D eigenvalue weighted by Crippen LogP contribution is -1.94. The van der Waals surface area contributed by atoms with E-state index in [2.05, 4.69) is 52.8 Å². The van der Waals surface area contributed by atoms with Crippen LogP contribution in [0.3, 0.4) is 0 Å². The third kappa shape index (κ3) is 1.55. The third-order valence-corrected chi connectivity index (χ3v) is 4.45. The zero-order valence-electron chi connectivity index (χ0n) is 11.0. The number of aryl methyl sites for hydroxylation is 1. The summed E-state index contributed by atoms with van der Waals surface area (Å²) in [6.07, 6.45) is 0. The molecule has 0 radical (unpaired) electrons. The molecule has 3 nitrogen and oxygen atoms in total. The van der Waals surface area contributed by atoms with Gasteiger partial charge < -0.3 is 5.73 Å². The van der Waals surface area contributed by atoms with Crippen LogP contribution in [0.2, 0.25) is 0 Å². The Labute approximate surface area is 120 Å². The first-order valence-electron chi connectivity index (χ1n) is 6.45. The van der Waals surface area contributed by atoms with Crippen LogP contribution in [0.5, 0.6) is 0 Å². The van der Waals surface area contributed by atoms with Gasteiger partial charge in [-0.05, 0) is 23.8 Å². The Bertz CT molecular complexity index is 933. The van der Waals surface area contributed by atoms with E-state index in [-0.39, 0.29) is 0 Å². The number of nitrogens with two attached hydrogens (primary N) is 1. The number of hydrogen-bond donors (Lipinski definition) is 1. The maximum atomic E-state index is 6.14. The number of anilines is 1. The third-order valence-electron chi connectivity index (χ3n) is 3.63. The van der Waals surface area contributed by atoms with E-state index < -0.39 is 0 Å². The maximum absolute atomic E-state index is 6.14. The smallest absolute Gasteiger partial charge is 0.196 e. The van der Waals surface area contributed by atoms with E-state index in [0.717, 1.165) is 22.2 Å². The summed E-state index contributed by atoms with van der Waals surface area (Å²) in [5.41, 5.74) is 9.30. The van der Waals surface area contributed by atoms with Gasteiger partial charge in [-0.25, -0.2) is 4.98 Å². The maximum Gasteiger partial charge on any atom is 0.196 e. The standard InChI is InChI=1S/C16H13N3S/c1-10-15(17)19-14(9-20-16(19)18-10)13-7-6-11-4-2-3-5-12(11)8-13/h2-9H,17H2,1H3. The second-order valence-electron chi connectivity index (χ2n) is 4.88. The molecule has 4 rings (SSSR count). The summed E-state index contributed by atoms with van der Waals surface area (Å²) >= 11 is 1.62. The summed E-state index contributed by atoms with van der Waals surface area (Å²) in [5, 5.41) is 4.60. The number of benzene rings is 2. The van der Waals surface area contributed by atoms with Crippen LogP contribution < -0.4 is 5.73 Å². The average molecular weight is 279 g/mol. The van der Waals surface area contributed by atoms with Crippen molar-refractivity contribution >= 4 is 32.9 Å². The van der Waals surface area contributed by atoms with Crippen molar-refractivity contribution in [2.75, 3.05) is 5.73 Å². The van der Waals surface area contributed by atoms with Gasteiger partial charge in [-0.3, -0.25) is 4.40 Å². The molecule has 4 aromatic rings. The number of nitrogens with zero attached hydrogens (tertiary/aromatic N) is 2. The molecular formula is C16H13N3S. The number of fused-ring (bicyclic) bond motifs is 2. The van der Waals surface area contributed by atoms with Gasteiger partial charge in [0.2, 0.25) is 0 Å². The highest BCUT2D eigenvalue weighted by Gasteiger charge is 2.13. The molecule has 0 unspecified atom stereocenters. The minimum Gasteiger partial charge on any atom is -0.383 e. The van der Waals surface area contributed by atoms with Crippen LogP contribution in [0, 0.1) is 6.92 Å². The Kier molecular flexibility index (Phi) is 2.35. The van der Waals surface area contributed by atoms with Gasteiger partial charge in [0.1, 0.15) is 5.82 Å². The lowest BCUT2D eigenvalue weighted by Gasteiger charge is -2.04. The molecule has 2 N–H and O–H groups in total. The van der Waals surface area contributed by atoms with Gasteiger partial charge in [0.25, 0.3) is 0 Å². The van der Waals surface area contributed by atoms with Gasteiger partial charge in [-0.15, -0.1) is 11.3 Å². The number of nitrogen functional groups attached to an aromatic ring is 1. The molecule has 0 aliphatic carbocycles. The molecule has 2 aromatic carbocycles. The molecule has 20 heavy (non-hydrogen) atoms. The van der Waals surface area contributed by atoms with Crippen LogP contribution in [0.25, 0.3) is 27.0 Å². The fourth-order valence-corrected chi connectivity index (χ4v) is 3.48. The van der Waals surface area contributed by atoms with Crippen molar-refractivity contribution in [3.63, 3.8) is 0 Å². The summed E-state index contributed by atoms with van der Waals surface area (Å²) in [6.45, 7) is 1.94. The highest BCUT2D eigenvalue weighted by Crippen LogP contribution is 2.31. The lowest BCUT2D eigenvalue weighted by molar-refractivity contribution is 1.24. The van der Waals surface area contributed by atoms with Gasteiger partial charge in [0.05, 0.1) is 11.4 Å². The minimum atomic E-state index is 0.726. The van der Waals surface area contributed by atoms with Gasteiger partial charge in [0.15, 0.2) is 4.96 Å². The van der Waals surface area contributed by atoms with Crippen LogP contribution >= 0.6 is 11.3 Å². The average Bonchev–Trinajstić information content (AvgIpc) is 3.00. The molecule has 98 valence electrons. The van der Waals surface area contributed by atoms with Gasteiger partial charge in [-0.1, -0.05) is 36.4 Å². The van der Waals surface area contributed by atoms with Crippen molar-refractivity contribution in [1.82, 2.24) is 9.38 Å². The molecule has 0 saturated carbocycles. The quantitative estimate of drug-likeness (QED) is 0.570. The molecule has 0 spiro atoms. The van der Waals surface area contributed by atoms with Gasteiger partial charge >= 0.3 is 0 Å². The van der Waals surface area contributed by atoms with Crippen LogP contribution in [-0.4, -0.2) is 9.38 Å². The predicted molar refractivity (Wildman–Crippen MR) is 85.2 cm³/mol. The Balaban J connectivity index is 2.00. The van der Waals surface area contributed by atoms with Crippen molar-refractivity contribution < 1.29 is 0 Å². The molecule has 2 aromatic heterocycles. The highest BCUT2D eigenvalue weighted by molar-refractivity contribution is 7.15. The predicted octanol–water partition coefficient (Wildman–Crippen LogP) is 4.11. The Morgan fingerprint density at radius 2 is 1.90 bits per heavy atom. The topological polar surface area (TPSA) is 43.3 Å². The molecule has 2 heterocycles. The second-order valence-corrected chi connectivity index (χ2v) is 5.72. The zero-order valence-corrected chi connectivity index (χ0v) is 11.8. The molecular weight excluding hydrogens is 266 g/mol. The van der Waals surface area contributed by atoms with Crippen molar-refractivity contribution in [3.8, 4) is 11.3 Å². The fraction of sp³-hybridized carbons (Fsp3) is 0.0625. The molecule has 0 atom stereocenters. The molecule has 0 aliphatic heterocycles. The van der Waals surface area contributed by atoms with E-state index in [9.17, 15) is 0 Å². The van der Waals surface area contributed by atoms with E-state index in [1.165, 1.54) is 16.3 Å². The van der Waals surface area contributed by atoms with Crippen LogP contribution in [0.1, 0.15) is 5.69 Å². The van der Waals surface area contributed by atoms with E-state index in [1.54, 1.807) is 11.3 Å². The summed E-state index contributed by atoms with van der Waals surface area (Å²) in [6, 6.07) is 14.9. The van der Waals surface area contributed by atoms with Crippen LogP contribution in [0.15, 0.2) is 47.8 Å². The zero-order chi connectivity index (χ0) is 13.7. The summed E-state index contributed by atoms with van der Waals surface area (Å²) in [7, 11) is 0. The number of rotatable bonds is 1. The molecule has 0 amide bonds. The minimum absolute atomic E-state index is 0.726. The van der Waals surface area contributed by atoms with Gasteiger partial charge in [-0.2, -0.15) is 0 Å². The normalized spacial score (nSPS) is 11.4. The fourth-order valence-electron chi connectivity index (χ4n) is 2.53. The first-order valence-corrected chi connectivity index (χ1v) is 7.33. The Hall–Kier alpha value is -2.33. The van der Waals surface area contributed by atoms with Crippen molar-refractivity contribution in [2.45, 2.75) is 6.92 Å². The molecule has 0 aliphatic rings. The van der Waals surface area contributed by atoms with Crippen molar-refractivity contribution in [1.29, 1.82) is 0 Å². The van der Waals surface area contributed by atoms with E-state index in [1.807, 2.05) is 11.3 Å². The Morgan fingerprint density at radius 1 is 1.10 bits per heavy atom. The monoisotopic (exact) mass is 279 g/mol. The SMILES string of the molecule is Cc1nc2scc(-c3ccc4ccccc4c3)n2c1N. The Morgan fingerprint density at radius 3 is 2.75 bits per heavy atom. The van der Waals surface area contributed by atoms with E-state index >= 15 is 0 Å². The van der Waals surface area contributed by atoms with Crippen LogP contribution in [0.4, 0.5) is 5.82 Å². The lowest BCUT2D eigenvalue weighted by atomic mass is 10.1. The highest BCUT2D eigenvalue weighted by atomic mass is 32.1. The van der Waals surface area contributed by atoms with E-state index in [0.29, 0.717) is 0 Å². The summed E-state index contributed by atoms with van der Waals surface area (Å²) in [5.74, 6) is 0.726. The van der Waals surface area contributed by atoms with Crippen LogP contribution in [-0.2, 0) is 0 Å². The van der Waals surface area contributed by atoms with Crippen molar-refractivity contribution in [2.24, 2.45) is 0 Å². The second kappa shape index (κ2) is 4.08. The summed E-state index contributed by atoms with van der Waals surface area (Å²) in [4.78, 5) is 5.43. The van der Waals surface area contributed by atoms with Crippen molar-refractivity contribution in [3.05, 3.63) is 53.5 Å². The number of thiazole rings is 1. The number of aromatic nitrogens is 2. The number of hydrogen-bond acceptors (Lipinski definition) is 3. The largest absolute Gasteiger partial charge is 0.383 e. The first-order chi connectivity index (χ1) is 9.74. The van der Waals surface area contributed by atoms with Gasteiger partial charge in [0, 0.05) is 10.9 Å². The molecule has 0 bridgehead atoms. The summed E-state index contributed by atoms with van der Waals surface area (Å²) < 4.78 is 2.03. The molecule has 4 heteroatoms. The number of imidazole rings is 1. The van der Waals surface area contributed by atoms with E-state index in [4.69, 9.17) is 5.73 Å². The molecule has 0 saturated heterocycles.